The molecule has 29 heavy (non-hydrogen) atoms. The molecule has 0 spiro atoms. The Morgan fingerprint density at radius 2 is 1.97 bits per heavy atom. The first-order valence-electron chi connectivity index (χ1n) is 8.79. The van der Waals surface area contributed by atoms with Crippen LogP contribution in [0.15, 0.2) is 46.0 Å². The van der Waals surface area contributed by atoms with Gasteiger partial charge in [0.05, 0.1) is 18.4 Å². The van der Waals surface area contributed by atoms with Crippen molar-refractivity contribution in [2.45, 2.75) is 19.8 Å². The molecule has 10 heteroatoms. The highest BCUT2D eigenvalue weighted by atomic mass is 16.6. The number of aromatic nitrogens is 4. The zero-order chi connectivity index (χ0) is 20.6. The highest BCUT2D eigenvalue weighted by Crippen LogP contribution is 2.21. The maximum atomic E-state index is 11.7. The number of benzene rings is 1. The van der Waals surface area contributed by atoms with Crippen molar-refractivity contribution in [1.29, 1.82) is 0 Å². The number of nitrogens with zero attached hydrogens (tertiary/aromatic N) is 3. The van der Waals surface area contributed by atoms with Crippen LogP contribution in [0.1, 0.15) is 18.2 Å². The minimum Gasteiger partial charge on any atom is -0.462 e. The number of rotatable bonds is 9. The third kappa shape index (κ3) is 5.58. The van der Waals surface area contributed by atoms with Crippen molar-refractivity contribution in [1.82, 2.24) is 15.3 Å². The minimum atomic E-state index is -0.566. The molecule has 1 aromatic carbocycles. The Kier molecular flexibility index (Phi) is 6.46. The predicted octanol–water partition coefficient (Wildman–Crippen LogP) is 1.72. The largest absolute Gasteiger partial charge is 0.462 e. The molecular formula is C19H19N4O6+. The van der Waals surface area contributed by atoms with Gasteiger partial charge in [0.2, 0.25) is 11.7 Å². The molecule has 0 bridgehead atoms. The Labute approximate surface area is 165 Å². The fourth-order valence-electron chi connectivity index (χ4n) is 2.38. The van der Waals surface area contributed by atoms with Crippen molar-refractivity contribution in [2.24, 2.45) is 0 Å². The second kappa shape index (κ2) is 9.40. The fourth-order valence-corrected chi connectivity index (χ4v) is 2.38. The van der Waals surface area contributed by atoms with Crippen LogP contribution in [0.5, 0.6) is 0 Å². The first-order valence-corrected chi connectivity index (χ1v) is 8.79. The summed E-state index contributed by atoms with van der Waals surface area (Å²) in [6, 6.07) is 7.40. The maximum absolute atomic E-state index is 11.7. The van der Waals surface area contributed by atoms with Crippen LogP contribution in [-0.2, 0) is 25.5 Å². The van der Waals surface area contributed by atoms with E-state index in [1.807, 2.05) is 24.3 Å². The number of H-pyrrole nitrogens is 1. The van der Waals surface area contributed by atoms with Crippen molar-refractivity contribution in [3.63, 3.8) is 0 Å². The summed E-state index contributed by atoms with van der Waals surface area (Å²) in [6.07, 6.45) is 1.41. The molecule has 0 radical (unpaired) electrons. The summed E-state index contributed by atoms with van der Waals surface area (Å²) < 4.78 is 19.9. The Balaban J connectivity index is 1.52. The van der Waals surface area contributed by atoms with Gasteiger partial charge in [-0.15, -0.1) is 0 Å². The number of aryl methyl sites for hydroxylation is 2. The molecule has 0 saturated heterocycles. The average Bonchev–Trinajstić information content (AvgIpc) is 3.39. The van der Waals surface area contributed by atoms with E-state index in [-0.39, 0.29) is 26.1 Å². The van der Waals surface area contributed by atoms with Crippen LogP contribution < -0.4 is 4.98 Å². The lowest BCUT2D eigenvalue weighted by Crippen LogP contribution is -2.15. The molecule has 0 aliphatic rings. The van der Waals surface area contributed by atoms with E-state index in [1.54, 1.807) is 6.92 Å². The highest BCUT2D eigenvalue weighted by molar-refractivity contribution is 5.81. The molecule has 10 nitrogen and oxygen atoms in total. The first-order chi connectivity index (χ1) is 14.0. The Morgan fingerprint density at radius 3 is 2.72 bits per heavy atom. The van der Waals surface area contributed by atoms with Crippen molar-refractivity contribution in [2.75, 3.05) is 13.2 Å². The van der Waals surface area contributed by atoms with Crippen LogP contribution in [0.4, 0.5) is 0 Å². The second-order valence-corrected chi connectivity index (χ2v) is 5.89. The van der Waals surface area contributed by atoms with E-state index in [9.17, 15) is 9.59 Å². The van der Waals surface area contributed by atoms with Gasteiger partial charge in [0.1, 0.15) is 13.2 Å². The van der Waals surface area contributed by atoms with Crippen LogP contribution in [0.25, 0.3) is 22.8 Å². The summed E-state index contributed by atoms with van der Waals surface area (Å²) in [6.45, 7) is 4.94. The third-order valence-electron chi connectivity index (χ3n) is 3.74. The van der Waals surface area contributed by atoms with Crippen LogP contribution in [-0.4, -0.2) is 40.4 Å². The molecule has 0 amide bonds. The number of esters is 2. The number of ether oxygens (including phenoxy) is 2. The van der Waals surface area contributed by atoms with Gasteiger partial charge < -0.3 is 14.0 Å². The summed E-state index contributed by atoms with van der Waals surface area (Å²) >= 11 is 0. The molecule has 1 N–H and O–H groups in total. The molecule has 0 fully saturated rings. The zero-order valence-corrected chi connectivity index (χ0v) is 15.7. The predicted molar refractivity (Wildman–Crippen MR) is 97.0 cm³/mol. The third-order valence-corrected chi connectivity index (χ3v) is 3.74. The van der Waals surface area contributed by atoms with E-state index in [4.69, 9.17) is 18.5 Å². The number of nitrogens with one attached hydrogen (secondary N) is 1. The van der Waals surface area contributed by atoms with Gasteiger partial charge >= 0.3 is 23.7 Å². The number of hydrogen-bond donors (Lipinski definition) is 0. The Hall–Kier alpha value is -3.82. The van der Waals surface area contributed by atoms with Gasteiger partial charge in [-0.05, 0) is 12.1 Å². The van der Waals surface area contributed by atoms with Crippen LogP contribution in [0.2, 0.25) is 0 Å². The van der Waals surface area contributed by atoms with Crippen LogP contribution in [0, 0.1) is 6.92 Å². The van der Waals surface area contributed by atoms with Gasteiger partial charge in [0.15, 0.2) is 5.16 Å². The lowest BCUT2D eigenvalue weighted by Gasteiger charge is -2.03. The van der Waals surface area contributed by atoms with Gasteiger partial charge in [-0.2, -0.15) is 4.98 Å². The van der Waals surface area contributed by atoms with Gasteiger partial charge in [-0.1, -0.05) is 23.9 Å². The summed E-state index contributed by atoms with van der Waals surface area (Å²) in [4.78, 5) is 29.8. The van der Waals surface area contributed by atoms with Gasteiger partial charge in [0.25, 0.3) is 0 Å². The number of carbonyl (C=O) groups excluding carboxylic acids is 2. The smallest absolute Gasteiger partial charge is 0.378 e. The topological polar surface area (TPSA) is 132 Å². The molecule has 2 heterocycles. The highest BCUT2D eigenvalue weighted by Gasteiger charge is 2.19. The van der Waals surface area contributed by atoms with Crippen LogP contribution >= 0.6 is 0 Å². The second-order valence-electron chi connectivity index (χ2n) is 5.89. The molecule has 2 aromatic heterocycles. The molecule has 0 unspecified atom stereocenters. The maximum Gasteiger partial charge on any atom is 0.378 e. The molecule has 0 saturated carbocycles. The molecule has 0 aliphatic carbocycles. The van der Waals surface area contributed by atoms with E-state index in [2.05, 4.69) is 26.9 Å². The standard InChI is InChI=1S/C19H18N4O6/c1-3-16(24)26-9-10-27-17(25)8-7-15-21-19(23-29-15)14-6-4-5-13(11-14)18-20-12(2)28-22-18/h3-6,11H,1,7-10H2,2H3/p+1. The lowest BCUT2D eigenvalue weighted by atomic mass is 10.1. The van der Waals surface area contributed by atoms with Crippen LogP contribution in [0.3, 0.4) is 0 Å². The van der Waals surface area contributed by atoms with Crippen molar-refractivity contribution < 1.29 is 33.1 Å². The molecule has 0 aliphatic heterocycles. The van der Waals surface area contributed by atoms with Crippen molar-refractivity contribution >= 4 is 11.9 Å². The SMILES string of the molecule is C=CC(=O)OCCOC(=O)CCc1[nH+]c(-c2cccc(-c3noc(C)n3)c2)no1. The molecule has 3 rings (SSSR count). The number of aromatic amines is 1. The van der Waals surface area contributed by atoms with Gasteiger partial charge in [0, 0.05) is 18.6 Å². The van der Waals surface area contributed by atoms with E-state index < -0.39 is 11.9 Å². The van der Waals surface area contributed by atoms with Crippen molar-refractivity contribution in [3.05, 3.63) is 48.7 Å². The summed E-state index contributed by atoms with van der Waals surface area (Å²) in [5.74, 6) is 0.882. The lowest BCUT2D eigenvalue weighted by molar-refractivity contribution is -0.385. The quantitative estimate of drug-likeness (QED) is 0.300. The molecule has 150 valence electrons. The van der Waals surface area contributed by atoms with Crippen molar-refractivity contribution in [3.8, 4) is 22.8 Å². The van der Waals surface area contributed by atoms with Gasteiger partial charge in [-0.25, -0.2) is 14.3 Å². The van der Waals surface area contributed by atoms with Gasteiger partial charge in [-0.3, -0.25) is 4.79 Å². The normalized spacial score (nSPS) is 10.5. The number of carbonyl (C=O) groups is 2. The molecular weight excluding hydrogens is 380 g/mol. The minimum absolute atomic E-state index is 0.0217. The fraction of sp³-hybridized carbons (Fsp3) is 0.263. The van der Waals surface area contributed by atoms with E-state index >= 15 is 0 Å². The van der Waals surface area contributed by atoms with E-state index in [0.29, 0.717) is 23.4 Å². The Bertz CT molecular complexity index is 1010. The molecule has 0 atom stereocenters. The summed E-state index contributed by atoms with van der Waals surface area (Å²) in [5.41, 5.74) is 1.55. The zero-order valence-electron chi connectivity index (χ0n) is 15.7. The van der Waals surface area contributed by atoms with E-state index in [1.165, 1.54) is 0 Å². The Morgan fingerprint density at radius 1 is 1.17 bits per heavy atom. The molecule has 3 aromatic rings. The monoisotopic (exact) mass is 399 g/mol. The summed E-state index contributed by atoms with van der Waals surface area (Å²) in [5, 5.41) is 7.89. The van der Waals surface area contributed by atoms with E-state index in [0.717, 1.165) is 17.2 Å². The summed E-state index contributed by atoms with van der Waals surface area (Å²) in [7, 11) is 0. The average molecular weight is 399 g/mol. The number of hydrogen-bond acceptors (Lipinski definition) is 9. The first kappa shape index (κ1) is 19.9.